The van der Waals surface area contributed by atoms with Gasteiger partial charge in [0, 0.05) is 5.92 Å². The number of hydrogen-bond acceptors (Lipinski definition) is 3. The molecule has 2 N–H and O–H groups in total. The first-order valence-electron chi connectivity index (χ1n) is 6.55. The summed E-state index contributed by atoms with van der Waals surface area (Å²) in [5, 5.41) is 5.02. The van der Waals surface area contributed by atoms with E-state index in [1.165, 1.54) is 0 Å². The van der Waals surface area contributed by atoms with Crippen molar-refractivity contribution in [3.63, 3.8) is 0 Å². The van der Waals surface area contributed by atoms with Crippen LogP contribution in [0.4, 0.5) is 0 Å². The molecule has 19 heavy (non-hydrogen) atoms. The standard InChI is InChI=1S/C14H23NO3S/c1-4-12(3)13-7-5-6-8-14(13)18-9-11(2)10-19(15,16)17/h5-8,11-12H,4,9-10H2,1-3H3,(H2,15,16,17). The van der Waals surface area contributed by atoms with Crippen LogP contribution in [0, 0.1) is 5.92 Å². The average Bonchev–Trinajstić information content (AvgIpc) is 2.33. The van der Waals surface area contributed by atoms with Gasteiger partial charge in [0.1, 0.15) is 5.75 Å². The molecule has 0 fully saturated rings. The number of hydrogen-bond donors (Lipinski definition) is 1. The zero-order chi connectivity index (χ0) is 14.5. The molecule has 1 aromatic carbocycles. The maximum Gasteiger partial charge on any atom is 0.209 e. The Balaban J connectivity index is 2.68. The molecule has 1 aromatic rings. The normalized spacial score (nSPS) is 14.9. The Hall–Kier alpha value is -1.07. The molecule has 0 aliphatic heterocycles. The van der Waals surface area contributed by atoms with E-state index in [9.17, 15) is 8.42 Å². The average molecular weight is 285 g/mol. The third-order valence-corrected chi connectivity index (χ3v) is 4.14. The van der Waals surface area contributed by atoms with Crippen LogP contribution in [0.3, 0.4) is 0 Å². The largest absolute Gasteiger partial charge is 0.493 e. The van der Waals surface area contributed by atoms with Gasteiger partial charge in [-0.15, -0.1) is 0 Å². The van der Waals surface area contributed by atoms with Gasteiger partial charge in [0.25, 0.3) is 0 Å². The van der Waals surface area contributed by atoms with Crippen molar-refractivity contribution < 1.29 is 13.2 Å². The molecule has 0 bridgehead atoms. The van der Waals surface area contributed by atoms with Crippen LogP contribution in [0.5, 0.6) is 5.75 Å². The Bertz CT molecular complexity index is 499. The summed E-state index contributed by atoms with van der Waals surface area (Å²) < 4.78 is 27.7. The van der Waals surface area contributed by atoms with Crippen molar-refractivity contribution in [3.8, 4) is 5.75 Å². The summed E-state index contributed by atoms with van der Waals surface area (Å²) in [5.74, 6) is 1.07. The van der Waals surface area contributed by atoms with Gasteiger partial charge in [0.15, 0.2) is 0 Å². The van der Waals surface area contributed by atoms with E-state index in [-0.39, 0.29) is 11.7 Å². The number of benzene rings is 1. The molecule has 0 saturated heterocycles. The van der Waals surface area contributed by atoms with Crippen molar-refractivity contribution in [2.45, 2.75) is 33.1 Å². The predicted molar refractivity (Wildman–Crippen MR) is 77.8 cm³/mol. The Labute approximate surface area is 116 Å². The highest BCUT2D eigenvalue weighted by Crippen LogP contribution is 2.28. The first-order valence-corrected chi connectivity index (χ1v) is 8.27. The van der Waals surface area contributed by atoms with Crippen molar-refractivity contribution in [1.29, 1.82) is 0 Å². The van der Waals surface area contributed by atoms with E-state index in [4.69, 9.17) is 9.88 Å². The zero-order valence-corrected chi connectivity index (χ0v) is 12.6. The highest BCUT2D eigenvalue weighted by molar-refractivity contribution is 7.89. The number of ether oxygens (including phenoxy) is 1. The maximum atomic E-state index is 11.0. The van der Waals surface area contributed by atoms with Crippen molar-refractivity contribution in [2.75, 3.05) is 12.4 Å². The number of rotatable bonds is 7. The van der Waals surface area contributed by atoms with E-state index in [0.29, 0.717) is 12.5 Å². The summed E-state index contributed by atoms with van der Waals surface area (Å²) >= 11 is 0. The minimum atomic E-state index is -3.44. The van der Waals surface area contributed by atoms with E-state index in [2.05, 4.69) is 13.8 Å². The third kappa shape index (κ3) is 5.61. The molecule has 0 spiro atoms. The Morgan fingerprint density at radius 3 is 2.47 bits per heavy atom. The SMILES string of the molecule is CCC(C)c1ccccc1OCC(C)CS(N)(=O)=O. The Kier molecular flexibility index (Phi) is 5.82. The van der Waals surface area contributed by atoms with E-state index >= 15 is 0 Å². The molecule has 1 rings (SSSR count). The number of sulfonamides is 1. The van der Waals surface area contributed by atoms with Crippen LogP contribution in [-0.2, 0) is 10.0 Å². The summed E-state index contributed by atoms with van der Waals surface area (Å²) in [6, 6.07) is 7.88. The van der Waals surface area contributed by atoms with E-state index in [1.807, 2.05) is 31.2 Å². The smallest absolute Gasteiger partial charge is 0.209 e. The molecule has 0 aliphatic carbocycles. The minimum absolute atomic E-state index is 0.0570. The molecule has 0 aromatic heterocycles. The molecule has 4 nitrogen and oxygen atoms in total. The van der Waals surface area contributed by atoms with Crippen LogP contribution in [0.15, 0.2) is 24.3 Å². The highest BCUT2D eigenvalue weighted by Gasteiger charge is 2.14. The zero-order valence-electron chi connectivity index (χ0n) is 11.8. The third-order valence-electron chi connectivity index (χ3n) is 3.10. The van der Waals surface area contributed by atoms with Gasteiger partial charge < -0.3 is 4.74 Å². The van der Waals surface area contributed by atoms with Gasteiger partial charge in [-0.1, -0.05) is 39.0 Å². The molecule has 0 amide bonds. The maximum absolute atomic E-state index is 11.0. The topological polar surface area (TPSA) is 69.4 Å². The van der Waals surface area contributed by atoms with Crippen LogP contribution in [0.1, 0.15) is 38.7 Å². The molecule has 0 aliphatic rings. The lowest BCUT2D eigenvalue weighted by molar-refractivity contribution is 0.268. The van der Waals surface area contributed by atoms with Gasteiger partial charge in [0.05, 0.1) is 12.4 Å². The Morgan fingerprint density at radius 2 is 1.89 bits per heavy atom. The monoisotopic (exact) mass is 285 g/mol. The van der Waals surface area contributed by atoms with E-state index in [0.717, 1.165) is 17.7 Å². The number of nitrogens with two attached hydrogens (primary N) is 1. The first-order chi connectivity index (χ1) is 8.83. The van der Waals surface area contributed by atoms with E-state index in [1.54, 1.807) is 0 Å². The lowest BCUT2D eigenvalue weighted by Gasteiger charge is -2.17. The molecular weight excluding hydrogens is 262 g/mol. The minimum Gasteiger partial charge on any atom is -0.493 e. The fourth-order valence-electron chi connectivity index (χ4n) is 1.92. The van der Waals surface area contributed by atoms with Crippen molar-refractivity contribution in [3.05, 3.63) is 29.8 Å². The molecule has 0 heterocycles. The first kappa shape index (κ1) is 16.0. The Morgan fingerprint density at radius 1 is 1.26 bits per heavy atom. The summed E-state index contributed by atoms with van der Waals surface area (Å²) in [6.07, 6.45) is 1.03. The van der Waals surface area contributed by atoms with Crippen molar-refractivity contribution in [1.82, 2.24) is 0 Å². The van der Waals surface area contributed by atoms with Gasteiger partial charge in [0.2, 0.25) is 10.0 Å². The van der Waals surface area contributed by atoms with Crippen molar-refractivity contribution >= 4 is 10.0 Å². The molecule has 0 radical (unpaired) electrons. The number of para-hydroxylation sites is 1. The summed E-state index contributed by atoms with van der Waals surface area (Å²) in [4.78, 5) is 0. The van der Waals surface area contributed by atoms with Gasteiger partial charge in [-0.3, -0.25) is 0 Å². The van der Waals surface area contributed by atoms with Crippen LogP contribution in [-0.4, -0.2) is 20.8 Å². The summed E-state index contributed by atoms with van der Waals surface area (Å²) in [6.45, 7) is 6.45. The second-order valence-corrected chi connectivity index (χ2v) is 6.75. The number of primary sulfonamides is 1. The summed E-state index contributed by atoms with van der Waals surface area (Å²) in [5.41, 5.74) is 1.16. The quantitative estimate of drug-likeness (QED) is 0.837. The molecular formula is C14H23NO3S. The van der Waals surface area contributed by atoms with Gasteiger partial charge >= 0.3 is 0 Å². The second-order valence-electron chi connectivity index (χ2n) is 5.09. The molecule has 2 unspecified atom stereocenters. The van der Waals surface area contributed by atoms with Crippen molar-refractivity contribution in [2.24, 2.45) is 11.1 Å². The molecule has 5 heteroatoms. The lowest BCUT2D eigenvalue weighted by Crippen LogP contribution is -2.25. The molecule has 0 saturated carbocycles. The van der Waals surface area contributed by atoms with E-state index < -0.39 is 10.0 Å². The van der Waals surface area contributed by atoms with Crippen LogP contribution < -0.4 is 9.88 Å². The fourth-order valence-corrected chi connectivity index (χ4v) is 2.81. The summed E-state index contributed by atoms with van der Waals surface area (Å²) in [7, 11) is -3.44. The highest BCUT2D eigenvalue weighted by atomic mass is 32.2. The van der Waals surface area contributed by atoms with Gasteiger partial charge in [-0.05, 0) is 24.0 Å². The predicted octanol–water partition coefficient (Wildman–Crippen LogP) is 2.50. The van der Waals surface area contributed by atoms with Crippen LogP contribution in [0.25, 0.3) is 0 Å². The van der Waals surface area contributed by atoms with Crippen LogP contribution >= 0.6 is 0 Å². The lowest BCUT2D eigenvalue weighted by atomic mass is 9.98. The van der Waals surface area contributed by atoms with Crippen LogP contribution in [0.2, 0.25) is 0 Å². The molecule has 108 valence electrons. The van der Waals surface area contributed by atoms with Gasteiger partial charge in [-0.2, -0.15) is 0 Å². The second kappa shape index (κ2) is 6.91. The molecule has 2 atom stereocenters. The fraction of sp³-hybridized carbons (Fsp3) is 0.571. The van der Waals surface area contributed by atoms with Gasteiger partial charge in [-0.25, -0.2) is 13.6 Å².